The zero-order valence-corrected chi connectivity index (χ0v) is 17.4. The van der Waals surface area contributed by atoms with E-state index in [4.69, 9.17) is 14.7 Å². The second kappa shape index (κ2) is 7.41. The Morgan fingerprint density at radius 3 is 2.67 bits per heavy atom. The Kier molecular flexibility index (Phi) is 4.25. The number of nitrogens with one attached hydrogen (secondary N) is 2. The van der Waals surface area contributed by atoms with Crippen LogP contribution in [0.1, 0.15) is 0 Å². The minimum absolute atomic E-state index is 0.0803. The van der Waals surface area contributed by atoms with Crippen molar-refractivity contribution in [2.45, 2.75) is 0 Å². The third kappa shape index (κ3) is 3.23. The van der Waals surface area contributed by atoms with E-state index in [9.17, 15) is 5.11 Å². The largest absolute Gasteiger partial charge is 0.506 e. The number of rotatable bonds is 4. The van der Waals surface area contributed by atoms with E-state index in [-0.39, 0.29) is 5.75 Å². The number of H-pyrrole nitrogens is 2. The first-order valence-electron chi connectivity index (χ1n) is 10.2. The summed E-state index contributed by atoms with van der Waals surface area (Å²) < 4.78 is 5.36. The molecule has 5 heterocycles. The Hall–Kier alpha value is -4.79. The molecule has 160 valence electrons. The average Bonchev–Trinajstić information content (AvgIpc) is 3.47. The van der Waals surface area contributed by atoms with Gasteiger partial charge in [0.25, 0.3) is 0 Å². The molecule has 5 aromatic heterocycles. The topological polar surface area (TPSA) is 125 Å². The van der Waals surface area contributed by atoms with Crippen LogP contribution in [0.5, 0.6) is 11.5 Å². The van der Waals surface area contributed by atoms with E-state index in [0.717, 1.165) is 33.6 Å². The molecule has 0 aliphatic rings. The highest BCUT2D eigenvalue weighted by Crippen LogP contribution is 2.32. The van der Waals surface area contributed by atoms with Gasteiger partial charge in [-0.25, -0.2) is 9.97 Å². The second-order valence-electron chi connectivity index (χ2n) is 7.47. The number of hydrogen-bond donors (Lipinski definition) is 3. The van der Waals surface area contributed by atoms with Crippen LogP contribution in [0.4, 0.5) is 0 Å². The molecule has 0 aliphatic carbocycles. The van der Waals surface area contributed by atoms with E-state index < -0.39 is 0 Å². The van der Waals surface area contributed by atoms with Gasteiger partial charge in [-0.15, -0.1) is 0 Å². The molecule has 9 nitrogen and oxygen atoms in total. The van der Waals surface area contributed by atoms with Crippen LogP contribution in [0.3, 0.4) is 0 Å². The van der Waals surface area contributed by atoms with E-state index in [1.54, 1.807) is 25.6 Å². The smallest absolute Gasteiger partial charge is 0.161 e. The molecule has 0 fully saturated rings. The molecule has 1 aromatic carbocycles. The second-order valence-corrected chi connectivity index (χ2v) is 7.47. The van der Waals surface area contributed by atoms with Crippen LogP contribution in [-0.2, 0) is 0 Å². The van der Waals surface area contributed by atoms with Crippen molar-refractivity contribution in [3.8, 4) is 45.5 Å². The molecule has 6 aromatic rings. The SMILES string of the molecule is COc1cccc(-c2nccc3[nH]c(-c4n[nH]c5ccc(-c6cncc(O)c6)nc45)nc23)c1. The van der Waals surface area contributed by atoms with Crippen molar-refractivity contribution in [3.05, 3.63) is 67.1 Å². The van der Waals surface area contributed by atoms with Crippen LogP contribution in [0.25, 0.3) is 56.1 Å². The minimum Gasteiger partial charge on any atom is -0.506 e. The zero-order valence-electron chi connectivity index (χ0n) is 17.4. The lowest BCUT2D eigenvalue weighted by Crippen LogP contribution is -1.88. The molecule has 0 saturated carbocycles. The van der Waals surface area contributed by atoms with Crippen LogP contribution in [0, 0.1) is 0 Å². The number of benzene rings is 1. The number of fused-ring (bicyclic) bond motifs is 2. The monoisotopic (exact) mass is 435 g/mol. The van der Waals surface area contributed by atoms with Gasteiger partial charge in [-0.2, -0.15) is 5.10 Å². The van der Waals surface area contributed by atoms with Gasteiger partial charge >= 0.3 is 0 Å². The van der Waals surface area contributed by atoms with Crippen LogP contribution in [0.15, 0.2) is 67.1 Å². The van der Waals surface area contributed by atoms with E-state index >= 15 is 0 Å². The molecular formula is C24H17N7O2. The van der Waals surface area contributed by atoms with Crippen LogP contribution in [-0.4, -0.2) is 47.3 Å². The van der Waals surface area contributed by atoms with E-state index in [1.807, 2.05) is 42.5 Å². The van der Waals surface area contributed by atoms with Crippen molar-refractivity contribution in [3.63, 3.8) is 0 Å². The lowest BCUT2D eigenvalue weighted by molar-refractivity contribution is 0.415. The lowest BCUT2D eigenvalue weighted by Gasteiger charge is -2.04. The van der Waals surface area contributed by atoms with Gasteiger partial charge in [-0.3, -0.25) is 15.1 Å². The summed E-state index contributed by atoms with van der Waals surface area (Å²) in [6.07, 6.45) is 4.78. The number of nitrogens with zero attached hydrogens (tertiary/aromatic N) is 5. The van der Waals surface area contributed by atoms with Crippen molar-refractivity contribution < 1.29 is 9.84 Å². The molecule has 9 heteroatoms. The van der Waals surface area contributed by atoms with Crippen LogP contribution < -0.4 is 4.74 Å². The summed E-state index contributed by atoms with van der Waals surface area (Å²) in [6.45, 7) is 0. The quantitative estimate of drug-likeness (QED) is 0.376. The van der Waals surface area contributed by atoms with Gasteiger partial charge < -0.3 is 14.8 Å². The van der Waals surface area contributed by atoms with Gasteiger partial charge in [0.2, 0.25) is 0 Å². The van der Waals surface area contributed by atoms with Crippen LogP contribution in [0.2, 0.25) is 0 Å². The lowest BCUT2D eigenvalue weighted by atomic mass is 10.1. The number of ether oxygens (including phenoxy) is 1. The highest BCUT2D eigenvalue weighted by Gasteiger charge is 2.17. The number of imidazole rings is 1. The molecular weight excluding hydrogens is 418 g/mol. The number of hydrogen-bond acceptors (Lipinski definition) is 7. The highest BCUT2D eigenvalue weighted by molar-refractivity contribution is 5.95. The molecule has 0 saturated heterocycles. The molecule has 0 atom stereocenters. The maximum absolute atomic E-state index is 9.78. The third-order valence-corrected chi connectivity index (χ3v) is 5.40. The van der Waals surface area contributed by atoms with Crippen molar-refractivity contribution >= 4 is 22.1 Å². The number of aromatic nitrogens is 7. The van der Waals surface area contributed by atoms with E-state index in [0.29, 0.717) is 28.3 Å². The Bertz CT molecular complexity index is 1640. The van der Waals surface area contributed by atoms with Gasteiger partial charge in [-0.05, 0) is 36.4 Å². The predicted octanol–water partition coefficient (Wildman–Crippen LogP) is 4.34. The average molecular weight is 435 g/mol. The summed E-state index contributed by atoms with van der Waals surface area (Å²) in [5.41, 5.74) is 6.61. The first-order chi connectivity index (χ1) is 16.2. The standard InChI is InChI=1S/C24H17N7O2/c1-33-16-4-2-3-13(10-16)20-21-18(7-8-26-20)28-24(29-21)23-22-19(30-31-23)6-5-17(27-22)14-9-15(32)12-25-11-14/h2-12,32H,1H3,(H,28,29)(H,30,31). The Morgan fingerprint density at radius 1 is 0.879 bits per heavy atom. The number of aromatic hydroxyl groups is 1. The van der Waals surface area contributed by atoms with E-state index in [1.165, 1.54) is 6.20 Å². The van der Waals surface area contributed by atoms with Gasteiger partial charge in [-0.1, -0.05) is 12.1 Å². The molecule has 0 spiro atoms. The Balaban J connectivity index is 1.49. The van der Waals surface area contributed by atoms with Gasteiger partial charge in [0.05, 0.1) is 35.7 Å². The molecule has 0 aliphatic heterocycles. The highest BCUT2D eigenvalue weighted by atomic mass is 16.5. The molecule has 0 bridgehead atoms. The van der Waals surface area contributed by atoms with E-state index in [2.05, 4.69) is 25.1 Å². The predicted molar refractivity (Wildman–Crippen MR) is 124 cm³/mol. The van der Waals surface area contributed by atoms with Crippen molar-refractivity contribution in [1.29, 1.82) is 0 Å². The van der Waals surface area contributed by atoms with Gasteiger partial charge in [0.1, 0.15) is 22.5 Å². The maximum Gasteiger partial charge on any atom is 0.161 e. The maximum atomic E-state index is 9.78. The summed E-state index contributed by atoms with van der Waals surface area (Å²) >= 11 is 0. The Labute approximate surface area is 187 Å². The van der Waals surface area contributed by atoms with Gasteiger partial charge in [0.15, 0.2) is 11.5 Å². The normalized spacial score (nSPS) is 11.3. The molecule has 0 amide bonds. The first kappa shape index (κ1) is 18.9. The van der Waals surface area contributed by atoms with Crippen molar-refractivity contribution in [1.82, 2.24) is 35.1 Å². The fourth-order valence-corrected chi connectivity index (χ4v) is 3.82. The number of pyridine rings is 3. The summed E-state index contributed by atoms with van der Waals surface area (Å²) in [7, 11) is 1.64. The van der Waals surface area contributed by atoms with Crippen molar-refractivity contribution in [2.24, 2.45) is 0 Å². The first-order valence-corrected chi connectivity index (χ1v) is 10.2. The summed E-state index contributed by atoms with van der Waals surface area (Å²) in [5.74, 6) is 1.40. The molecule has 6 rings (SSSR count). The summed E-state index contributed by atoms with van der Waals surface area (Å²) in [6, 6.07) is 15.0. The van der Waals surface area contributed by atoms with Crippen molar-refractivity contribution in [2.75, 3.05) is 7.11 Å². The zero-order chi connectivity index (χ0) is 22.4. The fraction of sp³-hybridized carbons (Fsp3) is 0.0417. The van der Waals surface area contributed by atoms with Crippen LogP contribution >= 0.6 is 0 Å². The molecule has 33 heavy (non-hydrogen) atoms. The number of aromatic amines is 2. The summed E-state index contributed by atoms with van der Waals surface area (Å²) in [5, 5.41) is 17.2. The van der Waals surface area contributed by atoms with Gasteiger partial charge in [0, 0.05) is 23.5 Å². The minimum atomic E-state index is 0.0803. The number of methoxy groups -OCH3 is 1. The molecule has 0 radical (unpaired) electrons. The Morgan fingerprint density at radius 2 is 1.79 bits per heavy atom. The third-order valence-electron chi connectivity index (χ3n) is 5.40. The summed E-state index contributed by atoms with van der Waals surface area (Å²) in [4.78, 5) is 21.5. The molecule has 3 N–H and O–H groups in total. The fourth-order valence-electron chi connectivity index (χ4n) is 3.82. The molecule has 0 unspecified atom stereocenters.